The number of ether oxygens (including phenoxy) is 1. The van der Waals surface area contributed by atoms with Crippen LogP contribution >= 0.6 is 0 Å². The second-order valence-corrected chi connectivity index (χ2v) is 1.64. The van der Waals surface area contributed by atoms with E-state index >= 15 is 0 Å². The molecular weight excluding hydrogens is 118 g/mol. The third kappa shape index (κ3) is 1.12. The molecule has 0 bridgehead atoms. The van der Waals surface area contributed by atoms with Crippen LogP contribution in [0.25, 0.3) is 0 Å². The molecule has 48 valence electrons. The van der Waals surface area contributed by atoms with Crippen molar-refractivity contribution in [1.29, 1.82) is 0 Å². The minimum atomic E-state index is -0.314. The highest BCUT2D eigenvalue weighted by Gasteiger charge is 2.18. The van der Waals surface area contributed by atoms with Crippen molar-refractivity contribution in [2.45, 2.75) is 0 Å². The number of amides is 1. The molecule has 0 N–H and O–H groups in total. The maximum absolute atomic E-state index is 10.6. The van der Waals surface area contributed by atoms with Gasteiger partial charge in [0.2, 0.25) is 0 Å². The lowest BCUT2D eigenvalue weighted by Gasteiger charge is -2.00. The molecule has 1 aliphatic rings. The van der Waals surface area contributed by atoms with Crippen molar-refractivity contribution in [1.82, 2.24) is 4.90 Å². The minimum Gasteiger partial charge on any atom is -0.447 e. The standard InChI is InChI=1S/C6H7NO2/c1-2-3-7-4-5-9-6(7)8/h3H,1,4-5H2. The molecule has 1 heterocycles. The zero-order valence-electron chi connectivity index (χ0n) is 4.96. The predicted octanol–water partition coefficient (Wildman–Crippen LogP) is 0.737. The van der Waals surface area contributed by atoms with Gasteiger partial charge in [0.05, 0.1) is 12.7 Å². The smallest absolute Gasteiger partial charge is 0.414 e. The molecule has 0 aromatic rings. The molecule has 1 fully saturated rings. The summed E-state index contributed by atoms with van der Waals surface area (Å²) in [6.07, 6.45) is 1.17. The van der Waals surface area contributed by atoms with E-state index in [-0.39, 0.29) is 6.09 Å². The third-order valence-corrected chi connectivity index (χ3v) is 1.04. The normalized spacial score (nSPS) is 16.9. The SMILES string of the molecule is C=C=CN1CCOC1=O. The van der Waals surface area contributed by atoms with Crippen molar-refractivity contribution in [2.24, 2.45) is 0 Å². The van der Waals surface area contributed by atoms with Crippen LogP contribution in [0, 0.1) is 0 Å². The molecule has 0 aromatic carbocycles. The highest BCUT2D eigenvalue weighted by Crippen LogP contribution is 2.01. The molecule has 1 rings (SSSR count). The molecule has 3 nitrogen and oxygen atoms in total. The van der Waals surface area contributed by atoms with Gasteiger partial charge in [-0.25, -0.2) is 4.79 Å². The van der Waals surface area contributed by atoms with Gasteiger partial charge in [-0.05, 0) is 0 Å². The van der Waals surface area contributed by atoms with Gasteiger partial charge in [0.25, 0.3) is 0 Å². The Bertz CT molecular complexity index is 170. The first-order valence-electron chi connectivity index (χ1n) is 2.64. The lowest BCUT2D eigenvalue weighted by Crippen LogP contribution is -2.16. The van der Waals surface area contributed by atoms with Gasteiger partial charge >= 0.3 is 6.09 Å². The monoisotopic (exact) mass is 125 g/mol. The van der Waals surface area contributed by atoms with E-state index in [4.69, 9.17) is 0 Å². The number of hydrogen-bond acceptors (Lipinski definition) is 2. The predicted molar refractivity (Wildman–Crippen MR) is 31.8 cm³/mol. The van der Waals surface area contributed by atoms with Crippen LogP contribution in [0.3, 0.4) is 0 Å². The fourth-order valence-corrected chi connectivity index (χ4v) is 0.633. The van der Waals surface area contributed by atoms with Gasteiger partial charge in [0, 0.05) is 0 Å². The van der Waals surface area contributed by atoms with E-state index in [1.807, 2.05) is 0 Å². The maximum Gasteiger partial charge on any atom is 0.414 e. The number of hydrogen-bond donors (Lipinski definition) is 0. The zero-order valence-corrected chi connectivity index (χ0v) is 4.96. The number of rotatable bonds is 1. The molecule has 1 saturated heterocycles. The van der Waals surface area contributed by atoms with Gasteiger partial charge in [0.15, 0.2) is 0 Å². The molecule has 0 radical (unpaired) electrons. The second kappa shape index (κ2) is 2.37. The fourth-order valence-electron chi connectivity index (χ4n) is 0.633. The van der Waals surface area contributed by atoms with Crippen LogP contribution in [0.2, 0.25) is 0 Å². The van der Waals surface area contributed by atoms with E-state index in [9.17, 15) is 4.79 Å². The number of nitrogens with zero attached hydrogens (tertiary/aromatic N) is 1. The lowest BCUT2D eigenvalue weighted by molar-refractivity contribution is 0.166. The molecule has 0 unspecified atom stereocenters. The Balaban J connectivity index is 2.59. The Morgan fingerprint density at radius 2 is 2.67 bits per heavy atom. The van der Waals surface area contributed by atoms with Gasteiger partial charge in [-0.2, -0.15) is 0 Å². The van der Waals surface area contributed by atoms with Crippen LogP contribution in [0.15, 0.2) is 18.5 Å². The summed E-state index contributed by atoms with van der Waals surface area (Å²) in [4.78, 5) is 12.0. The number of cyclic esters (lactones) is 1. The highest BCUT2D eigenvalue weighted by molar-refractivity contribution is 5.70. The van der Waals surface area contributed by atoms with Crippen LogP contribution in [0.5, 0.6) is 0 Å². The molecule has 9 heavy (non-hydrogen) atoms. The summed E-state index contributed by atoms with van der Waals surface area (Å²) >= 11 is 0. The van der Waals surface area contributed by atoms with E-state index < -0.39 is 0 Å². The Kier molecular flexibility index (Phi) is 1.56. The lowest BCUT2D eigenvalue weighted by atomic mass is 10.6. The summed E-state index contributed by atoms with van der Waals surface area (Å²) in [5.74, 6) is 0. The van der Waals surface area contributed by atoms with Crippen LogP contribution in [0.1, 0.15) is 0 Å². The van der Waals surface area contributed by atoms with E-state index in [0.29, 0.717) is 13.2 Å². The fraction of sp³-hybridized carbons (Fsp3) is 0.333. The molecule has 0 spiro atoms. The van der Waals surface area contributed by atoms with E-state index in [2.05, 4.69) is 17.0 Å². The maximum atomic E-state index is 10.6. The Labute approximate surface area is 53.2 Å². The van der Waals surface area contributed by atoms with Gasteiger partial charge in [-0.15, -0.1) is 5.73 Å². The van der Waals surface area contributed by atoms with E-state index in [1.54, 1.807) is 0 Å². The van der Waals surface area contributed by atoms with Crippen molar-refractivity contribution < 1.29 is 9.53 Å². The summed E-state index contributed by atoms with van der Waals surface area (Å²) in [5.41, 5.74) is 2.49. The average molecular weight is 125 g/mol. The van der Waals surface area contributed by atoms with Gasteiger partial charge in [-0.1, -0.05) is 6.58 Å². The van der Waals surface area contributed by atoms with Crippen LogP contribution in [-0.2, 0) is 4.74 Å². The molecule has 0 atom stereocenters. The quantitative estimate of drug-likeness (QED) is 0.483. The largest absolute Gasteiger partial charge is 0.447 e. The Morgan fingerprint density at radius 3 is 3.11 bits per heavy atom. The summed E-state index contributed by atoms with van der Waals surface area (Å²) in [6, 6.07) is 0. The summed E-state index contributed by atoms with van der Waals surface area (Å²) < 4.78 is 4.61. The molecule has 0 aromatic heterocycles. The molecule has 0 saturated carbocycles. The topological polar surface area (TPSA) is 29.5 Å². The third-order valence-electron chi connectivity index (χ3n) is 1.04. The zero-order chi connectivity index (χ0) is 6.69. The van der Waals surface area contributed by atoms with E-state index in [1.165, 1.54) is 11.1 Å². The number of carbonyl (C=O) groups is 1. The first-order chi connectivity index (χ1) is 4.34. The van der Waals surface area contributed by atoms with Crippen molar-refractivity contribution in [3.63, 3.8) is 0 Å². The summed E-state index contributed by atoms with van der Waals surface area (Å²) in [7, 11) is 0. The highest BCUT2D eigenvalue weighted by atomic mass is 16.6. The van der Waals surface area contributed by atoms with Crippen LogP contribution in [0.4, 0.5) is 4.79 Å². The molecule has 3 heteroatoms. The first kappa shape index (κ1) is 5.92. The van der Waals surface area contributed by atoms with Crippen molar-refractivity contribution in [3.05, 3.63) is 18.5 Å². The average Bonchev–Trinajstić information content (AvgIpc) is 2.18. The summed E-state index contributed by atoms with van der Waals surface area (Å²) in [6.45, 7) is 4.41. The summed E-state index contributed by atoms with van der Waals surface area (Å²) in [5, 5.41) is 0. The Hall–Kier alpha value is -1.21. The number of carbonyl (C=O) groups excluding carboxylic acids is 1. The van der Waals surface area contributed by atoms with Gasteiger partial charge in [0.1, 0.15) is 6.61 Å². The van der Waals surface area contributed by atoms with Crippen LogP contribution in [-0.4, -0.2) is 24.1 Å². The molecule has 1 aliphatic heterocycles. The molecule has 0 aliphatic carbocycles. The van der Waals surface area contributed by atoms with Gasteiger partial charge in [-0.3, -0.25) is 4.90 Å². The molecular formula is C6H7NO2. The first-order valence-corrected chi connectivity index (χ1v) is 2.64. The minimum absolute atomic E-state index is 0.314. The molecule has 1 amide bonds. The van der Waals surface area contributed by atoms with Crippen molar-refractivity contribution in [2.75, 3.05) is 13.2 Å². The van der Waals surface area contributed by atoms with E-state index in [0.717, 1.165) is 0 Å². The van der Waals surface area contributed by atoms with Crippen molar-refractivity contribution >= 4 is 6.09 Å². The van der Waals surface area contributed by atoms with Crippen molar-refractivity contribution in [3.8, 4) is 0 Å². The Morgan fingerprint density at radius 1 is 1.89 bits per heavy atom. The second-order valence-electron chi connectivity index (χ2n) is 1.64. The van der Waals surface area contributed by atoms with Gasteiger partial charge < -0.3 is 4.74 Å². The van der Waals surface area contributed by atoms with Crippen LogP contribution < -0.4 is 0 Å².